The molecule has 2 rings (SSSR count). The first kappa shape index (κ1) is 9.85. The highest BCUT2D eigenvalue weighted by Crippen LogP contribution is 2.17. The first-order valence-electron chi connectivity index (χ1n) is 4.73. The summed E-state index contributed by atoms with van der Waals surface area (Å²) in [5.41, 5.74) is 0.992. The van der Waals surface area contributed by atoms with Gasteiger partial charge < -0.3 is 9.88 Å². The molecule has 0 aliphatic rings. The van der Waals surface area contributed by atoms with Crippen LogP contribution in [-0.2, 0) is 14.1 Å². The highest BCUT2D eigenvalue weighted by molar-refractivity contribution is 5.14. The smallest absolute Gasteiger partial charge is 0.131 e. The lowest BCUT2D eigenvalue weighted by Gasteiger charge is -2.15. The lowest BCUT2D eigenvalue weighted by atomic mass is 10.2. The van der Waals surface area contributed by atoms with E-state index < -0.39 is 0 Å². The Bertz CT molecular complexity index is 403. The number of aromatic nitrogens is 5. The first-order chi connectivity index (χ1) is 7.24. The van der Waals surface area contributed by atoms with Gasteiger partial charge in [-0.25, -0.2) is 4.98 Å². The topological polar surface area (TPSA) is 60.6 Å². The van der Waals surface area contributed by atoms with Gasteiger partial charge in [-0.1, -0.05) is 5.21 Å². The number of rotatable bonds is 3. The monoisotopic (exact) mass is 206 g/mol. The zero-order valence-corrected chi connectivity index (χ0v) is 9.05. The molecule has 1 unspecified atom stereocenters. The maximum Gasteiger partial charge on any atom is 0.131 e. The van der Waals surface area contributed by atoms with Gasteiger partial charge in [-0.3, -0.25) is 4.68 Å². The molecule has 0 saturated heterocycles. The molecule has 0 aliphatic carbocycles. The lowest BCUT2D eigenvalue weighted by molar-refractivity contribution is 0.559. The van der Waals surface area contributed by atoms with Crippen molar-refractivity contribution >= 4 is 0 Å². The summed E-state index contributed by atoms with van der Waals surface area (Å²) in [7, 11) is 5.73. The van der Waals surface area contributed by atoms with Crippen molar-refractivity contribution in [3.8, 4) is 0 Å². The molecule has 0 fully saturated rings. The molecule has 0 amide bonds. The molecule has 6 heteroatoms. The fraction of sp³-hybridized carbons (Fsp3) is 0.444. The first-order valence-corrected chi connectivity index (χ1v) is 4.73. The minimum absolute atomic E-state index is 0.0185. The van der Waals surface area contributed by atoms with Crippen LogP contribution in [0.2, 0.25) is 0 Å². The quantitative estimate of drug-likeness (QED) is 0.759. The maximum absolute atomic E-state index is 4.32. The molecule has 2 aromatic rings. The van der Waals surface area contributed by atoms with E-state index in [4.69, 9.17) is 0 Å². The minimum atomic E-state index is 0.0185. The summed E-state index contributed by atoms with van der Waals surface area (Å²) in [5.74, 6) is 0.947. The van der Waals surface area contributed by atoms with E-state index in [0.717, 1.165) is 11.5 Å². The van der Waals surface area contributed by atoms with E-state index in [1.54, 1.807) is 17.1 Å². The van der Waals surface area contributed by atoms with Gasteiger partial charge >= 0.3 is 0 Å². The number of aryl methyl sites for hydroxylation is 2. The van der Waals surface area contributed by atoms with Crippen LogP contribution in [0.1, 0.15) is 17.6 Å². The molecule has 2 aromatic heterocycles. The molecular formula is C9H14N6. The van der Waals surface area contributed by atoms with E-state index >= 15 is 0 Å². The van der Waals surface area contributed by atoms with Gasteiger partial charge in [-0.05, 0) is 7.05 Å². The normalized spacial score (nSPS) is 13.0. The lowest BCUT2D eigenvalue weighted by Crippen LogP contribution is -2.23. The van der Waals surface area contributed by atoms with Crippen LogP contribution in [0.5, 0.6) is 0 Å². The molecule has 0 radical (unpaired) electrons. The van der Waals surface area contributed by atoms with Crippen molar-refractivity contribution in [3.63, 3.8) is 0 Å². The number of nitrogens with zero attached hydrogens (tertiary/aromatic N) is 5. The highest BCUT2D eigenvalue weighted by atomic mass is 15.4. The van der Waals surface area contributed by atoms with Crippen molar-refractivity contribution in [1.82, 2.24) is 29.9 Å². The molecule has 1 atom stereocenters. The number of hydrogen-bond acceptors (Lipinski definition) is 4. The van der Waals surface area contributed by atoms with Gasteiger partial charge in [0.05, 0.1) is 11.9 Å². The van der Waals surface area contributed by atoms with Crippen molar-refractivity contribution < 1.29 is 0 Å². The van der Waals surface area contributed by atoms with Crippen LogP contribution in [0.3, 0.4) is 0 Å². The standard InChI is InChI=1S/C9H14N6/c1-10-8(7-6-12-13-15(7)3)9-11-4-5-14(9)2/h4-6,8,10H,1-3H3. The summed E-state index contributed by atoms with van der Waals surface area (Å²) in [4.78, 5) is 4.32. The molecule has 0 aliphatic heterocycles. The van der Waals surface area contributed by atoms with Crippen LogP contribution in [0.4, 0.5) is 0 Å². The average Bonchev–Trinajstić information content (AvgIpc) is 2.80. The third-order valence-electron chi connectivity index (χ3n) is 2.45. The van der Waals surface area contributed by atoms with Crippen LogP contribution in [-0.4, -0.2) is 31.6 Å². The van der Waals surface area contributed by atoms with E-state index in [2.05, 4.69) is 20.6 Å². The Kier molecular flexibility index (Phi) is 2.51. The van der Waals surface area contributed by atoms with Crippen molar-refractivity contribution in [1.29, 1.82) is 0 Å². The van der Waals surface area contributed by atoms with Gasteiger partial charge in [0.1, 0.15) is 11.9 Å². The second kappa shape index (κ2) is 3.82. The van der Waals surface area contributed by atoms with Gasteiger partial charge in [0.15, 0.2) is 0 Å². The Morgan fingerprint density at radius 1 is 1.40 bits per heavy atom. The zero-order chi connectivity index (χ0) is 10.8. The van der Waals surface area contributed by atoms with E-state index in [9.17, 15) is 0 Å². The SMILES string of the molecule is CNC(c1nccn1C)c1cnnn1C. The number of hydrogen-bond donors (Lipinski definition) is 1. The summed E-state index contributed by atoms with van der Waals surface area (Å²) < 4.78 is 3.73. The van der Waals surface area contributed by atoms with Gasteiger partial charge in [-0.2, -0.15) is 0 Å². The van der Waals surface area contributed by atoms with Crippen molar-refractivity contribution in [3.05, 3.63) is 30.1 Å². The number of imidazole rings is 1. The molecule has 0 bridgehead atoms. The second-order valence-electron chi connectivity index (χ2n) is 3.40. The second-order valence-corrected chi connectivity index (χ2v) is 3.40. The highest BCUT2D eigenvalue weighted by Gasteiger charge is 2.19. The molecule has 1 N–H and O–H groups in total. The summed E-state index contributed by atoms with van der Waals surface area (Å²) in [6.07, 6.45) is 5.45. The summed E-state index contributed by atoms with van der Waals surface area (Å²) >= 11 is 0. The van der Waals surface area contributed by atoms with Gasteiger partial charge in [0, 0.05) is 26.5 Å². The van der Waals surface area contributed by atoms with Crippen LogP contribution in [0.15, 0.2) is 18.6 Å². The molecule has 6 nitrogen and oxygen atoms in total. The predicted molar refractivity (Wildman–Crippen MR) is 55.1 cm³/mol. The van der Waals surface area contributed by atoms with Crippen LogP contribution < -0.4 is 5.32 Å². The zero-order valence-electron chi connectivity index (χ0n) is 9.05. The van der Waals surface area contributed by atoms with Gasteiger partial charge in [0.2, 0.25) is 0 Å². The maximum atomic E-state index is 4.32. The van der Waals surface area contributed by atoms with Crippen LogP contribution in [0, 0.1) is 0 Å². The van der Waals surface area contributed by atoms with E-state index in [1.165, 1.54) is 0 Å². The fourth-order valence-corrected chi connectivity index (χ4v) is 1.62. The Labute approximate surface area is 87.9 Å². The Hall–Kier alpha value is -1.69. The third-order valence-corrected chi connectivity index (χ3v) is 2.45. The third kappa shape index (κ3) is 1.63. The van der Waals surface area contributed by atoms with E-state index in [-0.39, 0.29) is 6.04 Å². The molecule has 2 heterocycles. The van der Waals surface area contributed by atoms with Gasteiger partial charge in [0.25, 0.3) is 0 Å². The van der Waals surface area contributed by atoms with Crippen molar-refractivity contribution in [2.24, 2.45) is 14.1 Å². The van der Waals surface area contributed by atoms with Crippen LogP contribution >= 0.6 is 0 Å². The van der Waals surface area contributed by atoms with Crippen molar-refractivity contribution in [2.75, 3.05) is 7.05 Å². The summed E-state index contributed by atoms with van der Waals surface area (Å²) in [6, 6.07) is 0.0185. The fourth-order valence-electron chi connectivity index (χ4n) is 1.62. The summed E-state index contributed by atoms with van der Waals surface area (Å²) in [5, 5.41) is 11.0. The summed E-state index contributed by atoms with van der Waals surface area (Å²) in [6.45, 7) is 0. The molecule has 15 heavy (non-hydrogen) atoms. The largest absolute Gasteiger partial charge is 0.336 e. The van der Waals surface area contributed by atoms with Crippen LogP contribution in [0.25, 0.3) is 0 Å². The van der Waals surface area contributed by atoms with E-state index in [0.29, 0.717) is 0 Å². The molecule has 0 spiro atoms. The Morgan fingerprint density at radius 3 is 2.67 bits per heavy atom. The number of nitrogens with one attached hydrogen (secondary N) is 1. The van der Waals surface area contributed by atoms with Gasteiger partial charge in [-0.15, -0.1) is 5.10 Å². The predicted octanol–water partition coefficient (Wildman–Crippen LogP) is -0.143. The van der Waals surface area contributed by atoms with Crippen molar-refractivity contribution in [2.45, 2.75) is 6.04 Å². The Morgan fingerprint density at radius 2 is 2.20 bits per heavy atom. The Balaban J connectivity index is 2.41. The minimum Gasteiger partial charge on any atom is -0.336 e. The molecule has 0 saturated carbocycles. The average molecular weight is 206 g/mol. The molecular weight excluding hydrogens is 192 g/mol. The molecule has 80 valence electrons. The molecule has 0 aromatic carbocycles. The van der Waals surface area contributed by atoms with E-state index in [1.807, 2.05) is 31.9 Å².